The van der Waals surface area contributed by atoms with E-state index in [4.69, 9.17) is 4.74 Å². The molecular weight excluding hydrogens is 124 g/mol. The molecule has 1 saturated carbocycles. The summed E-state index contributed by atoms with van der Waals surface area (Å²) < 4.78 is 5.39. The van der Waals surface area contributed by atoms with Gasteiger partial charge in [-0.2, -0.15) is 0 Å². The predicted octanol–water partition coefficient (Wildman–Crippen LogP) is 2.46. The number of ether oxygens (including phenoxy) is 1. The van der Waals surface area contributed by atoms with Gasteiger partial charge in [0.25, 0.3) is 0 Å². The van der Waals surface area contributed by atoms with Gasteiger partial charge in [-0.25, -0.2) is 0 Å². The van der Waals surface area contributed by atoms with Gasteiger partial charge in [0.2, 0.25) is 0 Å². The van der Waals surface area contributed by atoms with Crippen molar-refractivity contribution in [2.45, 2.75) is 39.2 Å². The van der Waals surface area contributed by atoms with E-state index in [0.29, 0.717) is 6.10 Å². The molecule has 1 heteroatoms. The summed E-state index contributed by atoms with van der Waals surface area (Å²) in [4.78, 5) is 0. The minimum Gasteiger partial charge on any atom is -0.381 e. The van der Waals surface area contributed by atoms with Crippen molar-refractivity contribution >= 4 is 0 Å². The molecule has 0 N–H and O–H groups in total. The Labute approximate surface area is 63.8 Å². The van der Waals surface area contributed by atoms with Crippen LogP contribution in [0.15, 0.2) is 0 Å². The molecule has 0 spiro atoms. The van der Waals surface area contributed by atoms with Gasteiger partial charge in [0.15, 0.2) is 0 Å². The van der Waals surface area contributed by atoms with Crippen LogP contribution in [0, 0.1) is 11.8 Å². The first kappa shape index (κ1) is 8.06. The number of hydrogen-bond donors (Lipinski definition) is 0. The van der Waals surface area contributed by atoms with Crippen LogP contribution in [0.25, 0.3) is 0 Å². The highest BCUT2D eigenvalue weighted by Gasteiger charge is 2.28. The first-order valence-corrected chi connectivity index (χ1v) is 4.28. The average Bonchev–Trinajstić information content (AvgIpc) is 2.33. The van der Waals surface area contributed by atoms with Crippen LogP contribution in [0.3, 0.4) is 0 Å². The Bertz CT molecular complexity index is 98.9. The fraction of sp³-hybridized carbons (Fsp3) is 1.00. The molecule has 2 atom stereocenters. The van der Waals surface area contributed by atoms with Gasteiger partial charge < -0.3 is 4.74 Å². The number of methoxy groups -OCH3 is 1. The van der Waals surface area contributed by atoms with Gasteiger partial charge in [0, 0.05) is 7.11 Å². The van der Waals surface area contributed by atoms with Gasteiger partial charge in [-0.3, -0.25) is 0 Å². The highest BCUT2D eigenvalue weighted by molar-refractivity contribution is 4.79. The third-order valence-corrected chi connectivity index (χ3v) is 2.66. The second-order valence-electron chi connectivity index (χ2n) is 3.61. The Hall–Kier alpha value is -0.0400. The van der Waals surface area contributed by atoms with Gasteiger partial charge in [-0.05, 0) is 24.7 Å². The molecule has 0 aromatic heterocycles. The highest BCUT2D eigenvalue weighted by Crippen LogP contribution is 2.32. The molecule has 0 heterocycles. The summed E-state index contributed by atoms with van der Waals surface area (Å²) in [5.74, 6) is 1.62. The lowest BCUT2D eigenvalue weighted by atomic mass is 9.93. The first-order valence-electron chi connectivity index (χ1n) is 4.28. The number of hydrogen-bond acceptors (Lipinski definition) is 1. The molecule has 60 valence electrons. The molecule has 0 aromatic rings. The zero-order valence-corrected chi connectivity index (χ0v) is 7.26. The molecule has 0 amide bonds. The van der Waals surface area contributed by atoms with Crippen LogP contribution < -0.4 is 0 Å². The minimum atomic E-state index is 0.556. The number of rotatable bonds is 2. The third kappa shape index (κ3) is 1.51. The lowest BCUT2D eigenvalue weighted by molar-refractivity contribution is 0.0541. The summed E-state index contributed by atoms with van der Waals surface area (Å²) in [6.45, 7) is 4.59. The smallest absolute Gasteiger partial charge is 0.0601 e. The molecule has 0 radical (unpaired) electrons. The summed E-state index contributed by atoms with van der Waals surface area (Å²) in [5.41, 5.74) is 0. The van der Waals surface area contributed by atoms with Crippen molar-refractivity contribution in [1.29, 1.82) is 0 Å². The normalized spacial score (nSPS) is 33.6. The predicted molar refractivity (Wildman–Crippen MR) is 43.0 cm³/mol. The third-order valence-electron chi connectivity index (χ3n) is 2.66. The topological polar surface area (TPSA) is 9.23 Å². The summed E-state index contributed by atoms with van der Waals surface area (Å²) in [6.07, 6.45) is 4.57. The van der Waals surface area contributed by atoms with Gasteiger partial charge in [0.1, 0.15) is 0 Å². The van der Waals surface area contributed by atoms with Gasteiger partial charge in [-0.15, -0.1) is 0 Å². The molecule has 10 heavy (non-hydrogen) atoms. The molecule has 1 aliphatic carbocycles. The second kappa shape index (κ2) is 3.38. The van der Waals surface area contributed by atoms with Crippen LogP contribution in [0.1, 0.15) is 33.1 Å². The summed E-state index contributed by atoms with van der Waals surface area (Å²) in [6, 6.07) is 0. The molecular formula is C9H18O. The van der Waals surface area contributed by atoms with E-state index < -0.39 is 0 Å². The van der Waals surface area contributed by atoms with Crippen molar-refractivity contribution in [3.05, 3.63) is 0 Å². The van der Waals surface area contributed by atoms with Crippen LogP contribution in [0.4, 0.5) is 0 Å². The van der Waals surface area contributed by atoms with E-state index in [1.807, 2.05) is 7.11 Å². The van der Waals surface area contributed by atoms with E-state index in [1.165, 1.54) is 19.3 Å². The van der Waals surface area contributed by atoms with Crippen molar-refractivity contribution in [1.82, 2.24) is 0 Å². The molecule has 1 fully saturated rings. The van der Waals surface area contributed by atoms with Crippen LogP contribution >= 0.6 is 0 Å². The largest absolute Gasteiger partial charge is 0.381 e. The van der Waals surface area contributed by atoms with Gasteiger partial charge in [0.05, 0.1) is 6.10 Å². The van der Waals surface area contributed by atoms with E-state index in [0.717, 1.165) is 11.8 Å². The average molecular weight is 142 g/mol. The fourth-order valence-corrected chi connectivity index (χ4v) is 2.01. The zero-order valence-electron chi connectivity index (χ0n) is 7.26. The Morgan fingerprint density at radius 1 is 1.30 bits per heavy atom. The zero-order chi connectivity index (χ0) is 7.56. The fourth-order valence-electron chi connectivity index (χ4n) is 2.01. The molecule has 0 aromatic carbocycles. The molecule has 0 unspecified atom stereocenters. The molecule has 0 saturated heterocycles. The second-order valence-corrected chi connectivity index (χ2v) is 3.61. The summed E-state index contributed by atoms with van der Waals surface area (Å²) >= 11 is 0. The Balaban J connectivity index is 2.42. The van der Waals surface area contributed by atoms with E-state index in [1.54, 1.807) is 0 Å². The van der Waals surface area contributed by atoms with Crippen molar-refractivity contribution in [2.24, 2.45) is 11.8 Å². The molecule has 0 aliphatic heterocycles. The van der Waals surface area contributed by atoms with Crippen LogP contribution in [0.2, 0.25) is 0 Å². The Kier molecular flexibility index (Phi) is 2.72. The molecule has 1 nitrogen and oxygen atoms in total. The standard InChI is InChI=1S/C9H18O/c1-7(2)8-5-4-6-9(8)10-3/h7-9H,4-6H2,1-3H3/t8-,9-/m0/s1. The Morgan fingerprint density at radius 2 is 2.00 bits per heavy atom. The van der Waals surface area contributed by atoms with Crippen LogP contribution in [-0.2, 0) is 4.74 Å². The van der Waals surface area contributed by atoms with Crippen molar-refractivity contribution in [3.8, 4) is 0 Å². The van der Waals surface area contributed by atoms with Gasteiger partial charge >= 0.3 is 0 Å². The lowest BCUT2D eigenvalue weighted by Crippen LogP contribution is -2.20. The van der Waals surface area contributed by atoms with Gasteiger partial charge in [-0.1, -0.05) is 20.3 Å². The highest BCUT2D eigenvalue weighted by atomic mass is 16.5. The van der Waals surface area contributed by atoms with E-state index in [9.17, 15) is 0 Å². The SMILES string of the molecule is CO[C@H]1CCC[C@H]1C(C)C. The van der Waals surface area contributed by atoms with Crippen LogP contribution in [0.5, 0.6) is 0 Å². The summed E-state index contributed by atoms with van der Waals surface area (Å²) in [7, 11) is 1.84. The summed E-state index contributed by atoms with van der Waals surface area (Å²) in [5, 5.41) is 0. The first-order chi connectivity index (χ1) is 4.75. The Morgan fingerprint density at radius 3 is 2.40 bits per heavy atom. The maximum atomic E-state index is 5.39. The molecule has 1 aliphatic rings. The van der Waals surface area contributed by atoms with Crippen molar-refractivity contribution < 1.29 is 4.74 Å². The quantitative estimate of drug-likeness (QED) is 0.575. The van der Waals surface area contributed by atoms with Crippen LogP contribution in [-0.4, -0.2) is 13.2 Å². The lowest BCUT2D eigenvalue weighted by Gasteiger charge is -2.21. The van der Waals surface area contributed by atoms with Crippen molar-refractivity contribution in [3.63, 3.8) is 0 Å². The maximum absolute atomic E-state index is 5.39. The minimum absolute atomic E-state index is 0.556. The van der Waals surface area contributed by atoms with Crippen molar-refractivity contribution in [2.75, 3.05) is 7.11 Å². The van der Waals surface area contributed by atoms with E-state index >= 15 is 0 Å². The van der Waals surface area contributed by atoms with E-state index in [2.05, 4.69) is 13.8 Å². The molecule has 1 rings (SSSR count). The maximum Gasteiger partial charge on any atom is 0.0601 e. The molecule has 0 bridgehead atoms. The van der Waals surface area contributed by atoms with E-state index in [-0.39, 0.29) is 0 Å². The monoisotopic (exact) mass is 142 g/mol.